The van der Waals surface area contributed by atoms with Crippen LogP contribution in [0.15, 0.2) is 48.5 Å². The average molecular weight is 286 g/mol. The molecule has 0 amide bonds. The molecule has 21 heavy (non-hydrogen) atoms. The largest absolute Gasteiger partial charge is 0.491 e. The fraction of sp³-hybridized carbons (Fsp3) is 0.250. The van der Waals surface area contributed by atoms with Gasteiger partial charge in [-0.05, 0) is 43.7 Å². The van der Waals surface area contributed by atoms with E-state index in [1.54, 1.807) is 12.1 Å². The number of rotatable bonds is 6. The highest BCUT2D eigenvalue weighted by atomic mass is 16.6. The molecule has 2 aromatic carbocycles. The van der Waals surface area contributed by atoms with Gasteiger partial charge in [-0.15, -0.1) is 0 Å². The van der Waals surface area contributed by atoms with E-state index in [2.05, 4.69) is 5.32 Å². The first-order valence-corrected chi connectivity index (χ1v) is 6.78. The summed E-state index contributed by atoms with van der Waals surface area (Å²) in [6.45, 7) is 4.50. The zero-order valence-electron chi connectivity index (χ0n) is 12.1. The van der Waals surface area contributed by atoms with E-state index >= 15 is 0 Å². The summed E-state index contributed by atoms with van der Waals surface area (Å²) in [4.78, 5) is 10.3. The van der Waals surface area contributed by atoms with E-state index in [0.717, 1.165) is 17.0 Å². The quantitative estimate of drug-likeness (QED) is 0.644. The number of anilines is 1. The number of benzene rings is 2. The van der Waals surface area contributed by atoms with Gasteiger partial charge in [0, 0.05) is 24.4 Å². The van der Waals surface area contributed by atoms with Crippen molar-refractivity contribution in [3.8, 4) is 5.75 Å². The second kappa shape index (κ2) is 6.74. The molecule has 5 nitrogen and oxygen atoms in total. The maximum atomic E-state index is 10.7. The van der Waals surface area contributed by atoms with Gasteiger partial charge >= 0.3 is 0 Å². The lowest BCUT2D eigenvalue weighted by molar-refractivity contribution is -0.384. The molecule has 0 spiro atoms. The molecule has 5 heteroatoms. The van der Waals surface area contributed by atoms with E-state index in [0.29, 0.717) is 6.54 Å². The zero-order valence-corrected chi connectivity index (χ0v) is 12.1. The standard InChI is InChI=1S/C16H18N2O3/c1-12(2)21-16-8-6-14(7-9-16)17-11-13-4-3-5-15(10-13)18(19)20/h3-10,12,17H,11H2,1-2H3. The van der Waals surface area contributed by atoms with Crippen LogP contribution < -0.4 is 10.1 Å². The Bertz CT molecular complexity index is 609. The Morgan fingerprint density at radius 2 is 1.90 bits per heavy atom. The van der Waals surface area contributed by atoms with Gasteiger partial charge in [0.15, 0.2) is 0 Å². The second-order valence-corrected chi connectivity index (χ2v) is 4.97. The van der Waals surface area contributed by atoms with Gasteiger partial charge in [0.2, 0.25) is 0 Å². The molecule has 0 bridgehead atoms. The zero-order chi connectivity index (χ0) is 15.2. The molecule has 0 saturated carbocycles. The molecule has 110 valence electrons. The summed E-state index contributed by atoms with van der Waals surface area (Å²) in [5.41, 5.74) is 1.92. The molecular weight excluding hydrogens is 268 g/mol. The fourth-order valence-corrected chi connectivity index (χ4v) is 1.91. The summed E-state index contributed by atoms with van der Waals surface area (Å²) in [6.07, 6.45) is 0.147. The summed E-state index contributed by atoms with van der Waals surface area (Å²) >= 11 is 0. The predicted octanol–water partition coefficient (Wildman–Crippen LogP) is 3.99. The molecule has 0 radical (unpaired) electrons. The van der Waals surface area contributed by atoms with Gasteiger partial charge in [-0.25, -0.2) is 0 Å². The third-order valence-corrected chi connectivity index (χ3v) is 2.84. The monoisotopic (exact) mass is 286 g/mol. The Kier molecular flexibility index (Phi) is 4.77. The Labute approximate surface area is 123 Å². The number of hydrogen-bond donors (Lipinski definition) is 1. The summed E-state index contributed by atoms with van der Waals surface area (Å²) in [6, 6.07) is 14.3. The Morgan fingerprint density at radius 3 is 2.52 bits per heavy atom. The molecule has 2 rings (SSSR count). The van der Waals surface area contributed by atoms with Crippen LogP contribution in [0.1, 0.15) is 19.4 Å². The van der Waals surface area contributed by atoms with Crippen LogP contribution in [-0.4, -0.2) is 11.0 Å². The first-order valence-electron chi connectivity index (χ1n) is 6.78. The van der Waals surface area contributed by atoms with Crippen molar-refractivity contribution < 1.29 is 9.66 Å². The lowest BCUT2D eigenvalue weighted by Crippen LogP contribution is -2.05. The SMILES string of the molecule is CC(C)Oc1ccc(NCc2cccc([N+](=O)[O-])c2)cc1. The van der Waals surface area contributed by atoms with Crippen LogP contribution in [-0.2, 0) is 6.54 Å². The number of ether oxygens (including phenoxy) is 1. The van der Waals surface area contributed by atoms with Gasteiger partial charge in [-0.2, -0.15) is 0 Å². The Hall–Kier alpha value is -2.56. The molecule has 1 N–H and O–H groups in total. The van der Waals surface area contributed by atoms with E-state index in [1.807, 2.05) is 44.2 Å². The summed E-state index contributed by atoms with van der Waals surface area (Å²) in [7, 11) is 0. The van der Waals surface area contributed by atoms with E-state index in [1.165, 1.54) is 6.07 Å². The highest BCUT2D eigenvalue weighted by Gasteiger charge is 2.05. The molecule has 0 atom stereocenters. The topological polar surface area (TPSA) is 64.4 Å². The second-order valence-electron chi connectivity index (χ2n) is 4.97. The molecule has 0 aliphatic heterocycles. The summed E-state index contributed by atoms with van der Waals surface area (Å²) < 4.78 is 5.57. The minimum Gasteiger partial charge on any atom is -0.491 e. The number of nitro benzene ring substituents is 1. The first-order chi connectivity index (χ1) is 10.0. The van der Waals surface area contributed by atoms with E-state index in [9.17, 15) is 10.1 Å². The molecule has 0 saturated heterocycles. The third-order valence-electron chi connectivity index (χ3n) is 2.84. The van der Waals surface area contributed by atoms with Gasteiger partial charge in [-0.1, -0.05) is 12.1 Å². The van der Waals surface area contributed by atoms with E-state index in [-0.39, 0.29) is 16.7 Å². The van der Waals surface area contributed by atoms with Crippen molar-refractivity contribution >= 4 is 11.4 Å². The number of nitrogens with zero attached hydrogens (tertiary/aromatic N) is 1. The van der Waals surface area contributed by atoms with E-state index < -0.39 is 0 Å². The molecule has 2 aromatic rings. The van der Waals surface area contributed by atoms with Gasteiger partial charge in [0.1, 0.15) is 5.75 Å². The van der Waals surface area contributed by atoms with Crippen molar-refractivity contribution in [2.75, 3.05) is 5.32 Å². The lowest BCUT2D eigenvalue weighted by atomic mass is 10.2. The van der Waals surface area contributed by atoms with Gasteiger partial charge in [0.05, 0.1) is 11.0 Å². The van der Waals surface area contributed by atoms with E-state index in [4.69, 9.17) is 4.74 Å². The Balaban J connectivity index is 1.96. The van der Waals surface area contributed by atoms with Crippen LogP contribution in [0.2, 0.25) is 0 Å². The summed E-state index contributed by atoms with van der Waals surface area (Å²) in [5.74, 6) is 0.825. The molecule has 0 fully saturated rings. The third kappa shape index (κ3) is 4.49. The smallest absolute Gasteiger partial charge is 0.269 e. The van der Waals surface area contributed by atoms with Gasteiger partial charge in [0.25, 0.3) is 5.69 Å². The molecule has 0 aliphatic rings. The van der Waals surface area contributed by atoms with Crippen molar-refractivity contribution in [1.29, 1.82) is 0 Å². The van der Waals surface area contributed by atoms with Crippen LogP contribution in [0.3, 0.4) is 0 Å². The van der Waals surface area contributed by atoms with Crippen LogP contribution in [0, 0.1) is 10.1 Å². The van der Waals surface area contributed by atoms with Crippen LogP contribution in [0.4, 0.5) is 11.4 Å². The normalized spacial score (nSPS) is 10.4. The molecule has 0 heterocycles. The number of nitro groups is 1. The highest BCUT2D eigenvalue weighted by Crippen LogP contribution is 2.18. The lowest BCUT2D eigenvalue weighted by Gasteiger charge is -2.11. The van der Waals surface area contributed by atoms with Crippen LogP contribution >= 0.6 is 0 Å². The molecular formula is C16H18N2O3. The average Bonchev–Trinajstić information content (AvgIpc) is 2.46. The van der Waals surface area contributed by atoms with Crippen molar-refractivity contribution in [3.05, 3.63) is 64.2 Å². The van der Waals surface area contributed by atoms with Crippen molar-refractivity contribution in [2.45, 2.75) is 26.5 Å². The summed E-state index contributed by atoms with van der Waals surface area (Å²) in [5, 5.41) is 14.0. The Morgan fingerprint density at radius 1 is 1.19 bits per heavy atom. The molecule has 0 aliphatic carbocycles. The fourth-order valence-electron chi connectivity index (χ4n) is 1.91. The maximum Gasteiger partial charge on any atom is 0.269 e. The minimum atomic E-state index is -0.387. The van der Waals surface area contributed by atoms with Gasteiger partial charge < -0.3 is 10.1 Å². The molecule has 0 unspecified atom stereocenters. The number of hydrogen-bond acceptors (Lipinski definition) is 4. The predicted molar refractivity (Wildman–Crippen MR) is 82.6 cm³/mol. The number of nitrogens with one attached hydrogen (secondary N) is 1. The first kappa shape index (κ1) is 14.8. The molecule has 0 aromatic heterocycles. The minimum absolute atomic E-state index is 0.106. The maximum absolute atomic E-state index is 10.7. The number of non-ortho nitro benzene ring substituents is 1. The van der Waals surface area contributed by atoms with Gasteiger partial charge in [-0.3, -0.25) is 10.1 Å². The van der Waals surface area contributed by atoms with Crippen molar-refractivity contribution in [3.63, 3.8) is 0 Å². The highest BCUT2D eigenvalue weighted by molar-refractivity contribution is 5.47. The van der Waals surface area contributed by atoms with Crippen molar-refractivity contribution in [1.82, 2.24) is 0 Å². The van der Waals surface area contributed by atoms with Crippen LogP contribution in [0.5, 0.6) is 5.75 Å². The van der Waals surface area contributed by atoms with Crippen molar-refractivity contribution in [2.24, 2.45) is 0 Å². The van der Waals surface area contributed by atoms with Crippen LogP contribution in [0.25, 0.3) is 0 Å².